The Balaban J connectivity index is 1.57. The first-order valence-corrected chi connectivity index (χ1v) is 11.6. The molecular formula is C26H21FN6OS. The summed E-state index contributed by atoms with van der Waals surface area (Å²) >= 11 is 1.57. The lowest BCUT2D eigenvalue weighted by molar-refractivity contribution is 0.256. The molecule has 2 aromatic carbocycles. The zero-order valence-electron chi connectivity index (χ0n) is 18.5. The van der Waals surface area contributed by atoms with Crippen molar-refractivity contribution in [3.63, 3.8) is 0 Å². The average molecular weight is 485 g/mol. The lowest BCUT2D eigenvalue weighted by Gasteiger charge is -2.22. The highest BCUT2D eigenvalue weighted by Crippen LogP contribution is 2.42. The SMILES string of the molecule is NCc1ccc(F)c(N(C(N)=O)c2ccc(-c3csc4c(-c5cccnc5)cnc(N)c34)cc2)c1. The van der Waals surface area contributed by atoms with Gasteiger partial charge < -0.3 is 17.2 Å². The van der Waals surface area contributed by atoms with Crippen LogP contribution in [0.5, 0.6) is 0 Å². The summed E-state index contributed by atoms with van der Waals surface area (Å²) in [5.74, 6) is -0.150. The van der Waals surface area contributed by atoms with Crippen molar-refractivity contribution < 1.29 is 9.18 Å². The number of anilines is 3. The van der Waals surface area contributed by atoms with Crippen LogP contribution < -0.4 is 22.1 Å². The molecule has 0 radical (unpaired) electrons. The van der Waals surface area contributed by atoms with E-state index in [1.807, 2.05) is 29.6 Å². The molecule has 0 aliphatic rings. The molecular weight excluding hydrogens is 463 g/mol. The Kier molecular flexibility index (Phi) is 5.86. The molecule has 2 amide bonds. The molecule has 9 heteroatoms. The van der Waals surface area contributed by atoms with E-state index in [1.54, 1.807) is 48.1 Å². The number of rotatable bonds is 5. The number of thiophene rings is 1. The number of nitrogen functional groups attached to an aromatic ring is 1. The van der Waals surface area contributed by atoms with Crippen LogP contribution in [0, 0.1) is 5.82 Å². The molecule has 7 nitrogen and oxygen atoms in total. The summed E-state index contributed by atoms with van der Waals surface area (Å²) in [7, 11) is 0. The number of carbonyl (C=O) groups is 1. The number of nitrogens with two attached hydrogens (primary N) is 3. The predicted molar refractivity (Wildman–Crippen MR) is 139 cm³/mol. The van der Waals surface area contributed by atoms with Crippen LogP contribution in [-0.2, 0) is 6.54 Å². The monoisotopic (exact) mass is 484 g/mol. The van der Waals surface area contributed by atoms with E-state index in [0.717, 1.165) is 37.2 Å². The Hall–Kier alpha value is -4.34. The van der Waals surface area contributed by atoms with Gasteiger partial charge >= 0.3 is 6.03 Å². The highest BCUT2D eigenvalue weighted by Gasteiger charge is 2.20. The molecule has 0 spiro atoms. The topological polar surface area (TPSA) is 124 Å². The predicted octanol–water partition coefficient (Wildman–Crippen LogP) is 5.42. The molecule has 0 bridgehead atoms. The largest absolute Gasteiger partial charge is 0.383 e. The van der Waals surface area contributed by atoms with Crippen molar-refractivity contribution in [1.29, 1.82) is 0 Å². The number of nitrogens with zero attached hydrogens (tertiary/aromatic N) is 3. The maximum absolute atomic E-state index is 14.6. The van der Waals surface area contributed by atoms with Crippen LogP contribution in [0.25, 0.3) is 32.3 Å². The van der Waals surface area contributed by atoms with E-state index < -0.39 is 11.8 Å². The minimum Gasteiger partial charge on any atom is -0.383 e. The second-order valence-electron chi connectivity index (χ2n) is 7.86. The van der Waals surface area contributed by atoms with Crippen molar-refractivity contribution in [1.82, 2.24) is 9.97 Å². The second-order valence-corrected chi connectivity index (χ2v) is 8.74. The zero-order valence-corrected chi connectivity index (χ0v) is 19.3. The van der Waals surface area contributed by atoms with E-state index in [2.05, 4.69) is 9.97 Å². The molecule has 0 saturated carbocycles. The lowest BCUT2D eigenvalue weighted by atomic mass is 10.0. The first kappa shape index (κ1) is 22.5. The van der Waals surface area contributed by atoms with Gasteiger partial charge in [-0.2, -0.15) is 0 Å². The summed E-state index contributed by atoms with van der Waals surface area (Å²) < 4.78 is 15.6. The maximum atomic E-state index is 14.6. The van der Waals surface area contributed by atoms with E-state index in [9.17, 15) is 9.18 Å². The fourth-order valence-electron chi connectivity index (χ4n) is 4.04. The van der Waals surface area contributed by atoms with Gasteiger partial charge in [0.1, 0.15) is 11.6 Å². The fourth-order valence-corrected chi connectivity index (χ4v) is 5.16. The Morgan fingerprint density at radius 1 is 1.03 bits per heavy atom. The van der Waals surface area contributed by atoms with Crippen LogP contribution in [0.4, 0.5) is 26.4 Å². The third kappa shape index (κ3) is 4.07. The van der Waals surface area contributed by atoms with Crippen molar-refractivity contribution in [3.05, 3.63) is 89.9 Å². The number of hydrogen-bond donors (Lipinski definition) is 3. The van der Waals surface area contributed by atoms with Crippen molar-refractivity contribution in [3.8, 4) is 22.3 Å². The quantitative estimate of drug-likeness (QED) is 0.307. The van der Waals surface area contributed by atoms with Crippen molar-refractivity contribution in [2.24, 2.45) is 11.5 Å². The number of urea groups is 1. The number of amides is 2. The van der Waals surface area contributed by atoms with Gasteiger partial charge in [-0.1, -0.05) is 24.3 Å². The number of aromatic nitrogens is 2. The van der Waals surface area contributed by atoms with Gasteiger partial charge in [-0.3, -0.25) is 9.88 Å². The third-order valence-corrected chi connectivity index (χ3v) is 6.75. The number of hydrogen-bond acceptors (Lipinski definition) is 6. The zero-order chi connectivity index (χ0) is 24.5. The first-order valence-electron chi connectivity index (χ1n) is 10.7. The summed E-state index contributed by atoms with van der Waals surface area (Å²) in [4.78, 5) is 22.0. The third-order valence-electron chi connectivity index (χ3n) is 5.74. The summed E-state index contributed by atoms with van der Waals surface area (Å²) in [6.07, 6.45) is 5.27. The van der Waals surface area contributed by atoms with Crippen molar-refractivity contribution in [2.45, 2.75) is 6.54 Å². The normalized spacial score (nSPS) is 11.0. The maximum Gasteiger partial charge on any atom is 0.323 e. The molecule has 3 heterocycles. The number of primary amides is 1. The van der Waals surface area contributed by atoms with Crippen LogP contribution in [0.3, 0.4) is 0 Å². The number of pyridine rings is 2. The Morgan fingerprint density at radius 2 is 1.83 bits per heavy atom. The van der Waals surface area contributed by atoms with Gasteiger partial charge in [0.25, 0.3) is 0 Å². The molecule has 0 atom stereocenters. The highest BCUT2D eigenvalue weighted by molar-refractivity contribution is 7.18. The summed E-state index contributed by atoms with van der Waals surface area (Å²) in [6, 6.07) is 14.5. The molecule has 174 valence electrons. The number of benzene rings is 2. The van der Waals surface area contributed by atoms with E-state index in [-0.39, 0.29) is 12.2 Å². The van der Waals surface area contributed by atoms with Crippen molar-refractivity contribution >= 4 is 44.6 Å². The molecule has 0 fully saturated rings. The number of halogens is 1. The molecule has 5 rings (SSSR count). The van der Waals surface area contributed by atoms with Crippen LogP contribution >= 0.6 is 11.3 Å². The molecule has 6 N–H and O–H groups in total. The smallest absolute Gasteiger partial charge is 0.323 e. The highest BCUT2D eigenvalue weighted by atomic mass is 32.1. The molecule has 0 aliphatic carbocycles. The fraction of sp³-hybridized carbons (Fsp3) is 0.0385. The number of fused-ring (bicyclic) bond motifs is 1. The van der Waals surface area contributed by atoms with Crippen LogP contribution in [-0.4, -0.2) is 16.0 Å². The molecule has 0 unspecified atom stereocenters. The van der Waals surface area contributed by atoms with Gasteiger partial charge in [-0.05, 0) is 46.8 Å². The summed E-state index contributed by atoms with van der Waals surface area (Å²) in [5.41, 5.74) is 22.4. The minimum atomic E-state index is -0.804. The lowest BCUT2D eigenvalue weighted by Crippen LogP contribution is -2.32. The molecule has 5 aromatic rings. The molecule has 3 aromatic heterocycles. The van der Waals surface area contributed by atoms with E-state index in [0.29, 0.717) is 17.1 Å². The molecule has 0 aliphatic heterocycles. The van der Waals surface area contributed by atoms with Crippen LogP contribution in [0.2, 0.25) is 0 Å². The van der Waals surface area contributed by atoms with E-state index >= 15 is 0 Å². The van der Waals surface area contributed by atoms with Crippen LogP contribution in [0.15, 0.2) is 78.6 Å². The second kappa shape index (κ2) is 9.13. The minimum absolute atomic E-state index is 0.0451. The van der Waals surface area contributed by atoms with Gasteiger partial charge in [-0.15, -0.1) is 11.3 Å². The summed E-state index contributed by atoms with van der Waals surface area (Å²) in [6.45, 7) is 0.209. The van der Waals surface area contributed by atoms with Gasteiger partial charge in [0.2, 0.25) is 0 Å². The standard InChI is InChI=1S/C26H21FN6OS/c27-21-8-3-15(11-28)10-22(21)33(26(30)34)18-6-4-16(5-7-18)20-14-35-24-19(13-32-25(29)23(20)24)17-2-1-9-31-12-17/h1-10,12-14H,11,28H2,(H2,29,32)(H2,30,34). The van der Waals surface area contributed by atoms with E-state index in [4.69, 9.17) is 17.2 Å². The van der Waals surface area contributed by atoms with Gasteiger partial charge in [0, 0.05) is 51.9 Å². The molecule has 0 saturated heterocycles. The van der Waals surface area contributed by atoms with Gasteiger partial charge in [0.05, 0.1) is 11.4 Å². The Morgan fingerprint density at radius 3 is 2.51 bits per heavy atom. The summed E-state index contributed by atoms with van der Waals surface area (Å²) in [5, 5.41) is 2.87. The number of carbonyl (C=O) groups excluding carboxylic acids is 1. The Bertz CT molecular complexity index is 1540. The average Bonchev–Trinajstić information content (AvgIpc) is 3.32. The van der Waals surface area contributed by atoms with Crippen LogP contribution in [0.1, 0.15) is 5.56 Å². The Labute approximate surface area is 204 Å². The van der Waals surface area contributed by atoms with Gasteiger partial charge in [0.15, 0.2) is 0 Å². The molecule has 35 heavy (non-hydrogen) atoms. The van der Waals surface area contributed by atoms with Gasteiger partial charge in [-0.25, -0.2) is 14.2 Å². The van der Waals surface area contributed by atoms with E-state index in [1.165, 1.54) is 12.1 Å². The first-order chi connectivity index (χ1) is 17.0. The van der Waals surface area contributed by atoms with Crippen molar-refractivity contribution in [2.75, 3.05) is 10.6 Å².